The van der Waals surface area contributed by atoms with E-state index in [4.69, 9.17) is 0 Å². The molecule has 136 valence electrons. The topological polar surface area (TPSA) is 81.7 Å². The number of aromatic nitrogens is 6. The lowest BCUT2D eigenvalue weighted by atomic mass is 10.2. The van der Waals surface area contributed by atoms with E-state index in [1.165, 1.54) is 10.7 Å². The van der Waals surface area contributed by atoms with Gasteiger partial charge in [-0.1, -0.05) is 18.2 Å². The predicted octanol–water partition coefficient (Wildman–Crippen LogP) is 2.04. The normalized spacial score (nSPS) is 11.1. The molecular weight excluding hydrogens is 342 g/mol. The summed E-state index contributed by atoms with van der Waals surface area (Å²) in [6, 6.07) is 10.8. The summed E-state index contributed by atoms with van der Waals surface area (Å²) in [5, 5.41) is 4.58. The van der Waals surface area contributed by atoms with Gasteiger partial charge in [0, 0.05) is 20.2 Å². The molecule has 0 fully saturated rings. The average Bonchev–Trinajstić information content (AvgIpc) is 2.98. The Morgan fingerprint density at radius 2 is 1.78 bits per heavy atom. The third-order valence-corrected chi connectivity index (χ3v) is 4.31. The van der Waals surface area contributed by atoms with E-state index >= 15 is 0 Å². The van der Waals surface area contributed by atoms with E-state index in [9.17, 15) is 4.79 Å². The van der Waals surface area contributed by atoms with E-state index < -0.39 is 0 Å². The number of fused-ring (bicyclic) bond motifs is 1. The van der Waals surface area contributed by atoms with Crippen molar-refractivity contribution in [3.63, 3.8) is 0 Å². The van der Waals surface area contributed by atoms with Crippen LogP contribution in [0.3, 0.4) is 0 Å². The maximum Gasteiger partial charge on any atom is 0.271 e. The Balaban J connectivity index is 1.96. The lowest BCUT2D eigenvalue weighted by molar-refractivity contribution is 0.765. The monoisotopic (exact) mass is 361 g/mol. The molecule has 0 aliphatic heterocycles. The standard InChI is InChI=1S/C19H19N7O/c1-12-7-5-6-8-15(12)26-17(27)10-9-16(23-26)25-13(2)21-14-11-20-19(24(3)4)22-18(14)25/h5-11H,1-4H3. The molecule has 0 saturated heterocycles. The number of hydrogen-bond donors (Lipinski definition) is 0. The number of aryl methyl sites for hydroxylation is 2. The molecule has 0 saturated carbocycles. The first kappa shape index (κ1) is 16.9. The minimum atomic E-state index is -0.196. The van der Waals surface area contributed by atoms with Crippen molar-refractivity contribution < 1.29 is 0 Å². The van der Waals surface area contributed by atoms with Gasteiger partial charge >= 0.3 is 0 Å². The lowest BCUT2D eigenvalue weighted by Gasteiger charge is -2.12. The minimum absolute atomic E-state index is 0.196. The molecule has 0 amide bonds. The molecule has 0 bridgehead atoms. The SMILES string of the molecule is Cc1ccccc1-n1nc(-n2c(C)nc3cnc(N(C)C)nc32)ccc1=O. The molecule has 27 heavy (non-hydrogen) atoms. The number of benzene rings is 1. The Bertz CT molecular complexity index is 1210. The van der Waals surface area contributed by atoms with Crippen molar-refractivity contribution in [2.75, 3.05) is 19.0 Å². The molecule has 0 aliphatic carbocycles. The number of anilines is 1. The first-order chi connectivity index (χ1) is 13.0. The van der Waals surface area contributed by atoms with Crippen molar-refractivity contribution in [2.24, 2.45) is 0 Å². The van der Waals surface area contributed by atoms with Crippen molar-refractivity contribution in [2.45, 2.75) is 13.8 Å². The highest BCUT2D eigenvalue weighted by Gasteiger charge is 2.15. The summed E-state index contributed by atoms with van der Waals surface area (Å²) in [5.41, 5.74) is 2.84. The van der Waals surface area contributed by atoms with Gasteiger partial charge < -0.3 is 4.90 Å². The molecule has 8 heteroatoms. The van der Waals surface area contributed by atoms with Crippen molar-refractivity contribution >= 4 is 17.1 Å². The van der Waals surface area contributed by atoms with Crippen LogP contribution in [0.25, 0.3) is 22.7 Å². The maximum absolute atomic E-state index is 12.4. The highest BCUT2D eigenvalue weighted by atomic mass is 16.1. The first-order valence-electron chi connectivity index (χ1n) is 8.52. The molecule has 0 unspecified atom stereocenters. The molecule has 4 rings (SSSR count). The summed E-state index contributed by atoms with van der Waals surface area (Å²) in [5.74, 6) is 1.87. The van der Waals surface area contributed by atoms with Gasteiger partial charge in [0.1, 0.15) is 11.3 Å². The zero-order valence-corrected chi connectivity index (χ0v) is 15.6. The Labute approximate surface area is 155 Å². The number of imidazole rings is 1. The zero-order chi connectivity index (χ0) is 19.1. The fourth-order valence-electron chi connectivity index (χ4n) is 2.96. The van der Waals surface area contributed by atoms with Gasteiger partial charge in [0.05, 0.1) is 11.9 Å². The largest absolute Gasteiger partial charge is 0.347 e. The van der Waals surface area contributed by atoms with Gasteiger partial charge in [-0.15, -0.1) is 5.10 Å². The second-order valence-corrected chi connectivity index (χ2v) is 6.50. The number of nitrogens with zero attached hydrogens (tertiary/aromatic N) is 7. The van der Waals surface area contributed by atoms with E-state index in [1.807, 2.05) is 61.7 Å². The van der Waals surface area contributed by atoms with Gasteiger partial charge in [-0.25, -0.2) is 9.97 Å². The van der Waals surface area contributed by atoms with Crippen molar-refractivity contribution in [3.05, 3.63) is 64.3 Å². The summed E-state index contributed by atoms with van der Waals surface area (Å²) in [6.45, 7) is 3.83. The number of hydrogen-bond acceptors (Lipinski definition) is 6. The van der Waals surface area contributed by atoms with Crippen LogP contribution in [0.4, 0.5) is 5.95 Å². The predicted molar refractivity (Wildman–Crippen MR) is 104 cm³/mol. The fraction of sp³-hybridized carbons (Fsp3) is 0.211. The van der Waals surface area contributed by atoms with Crippen molar-refractivity contribution in [3.8, 4) is 11.5 Å². The molecule has 0 atom stereocenters. The van der Waals surface area contributed by atoms with Gasteiger partial charge in [-0.2, -0.15) is 9.67 Å². The van der Waals surface area contributed by atoms with Crippen LogP contribution in [-0.4, -0.2) is 43.4 Å². The van der Waals surface area contributed by atoms with E-state index in [1.54, 1.807) is 12.3 Å². The second kappa shape index (κ2) is 6.31. The minimum Gasteiger partial charge on any atom is -0.347 e. The summed E-state index contributed by atoms with van der Waals surface area (Å²) >= 11 is 0. The third kappa shape index (κ3) is 2.84. The molecule has 1 aromatic carbocycles. The van der Waals surface area contributed by atoms with E-state index in [0.29, 0.717) is 22.9 Å². The van der Waals surface area contributed by atoms with Crippen molar-refractivity contribution in [1.29, 1.82) is 0 Å². The van der Waals surface area contributed by atoms with Crippen LogP contribution in [-0.2, 0) is 0 Å². The van der Waals surface area contributed by atoms with Gasteiger partial charge in [0.25, 0.3) is 5.56 Å². The highest BCUT2D eigenvalue weighted by Crippen LogP contribution is 2.20. The van der Waals surface area contributed by atoms with E-state index in [-0.39, 0.29) is 5.56 Å². The fourth-order valence-corrected chi connectivity index (χ4v) is 2.96. The number of para-hydroxylation sites is 1. The number of rotatable bonds is 3. The Morgan fingerprint density at radius 3 is 2.52 bits per heavy atom. The van der Waals surface area contributed by atoms with Crippen LogP contribution in [0, 0.1) is 13.8 Å². The quantitative estimate of drug-likeness (QED) is 0.555. The average molecular weight is 361 g/mol. The molecule has 3 aromatic heterocycles. The van der Waals surface area contributed by atoms with Crippen LogP contribution < -0.4 is 10.5 Å². The Morgan fingerprint density at radius 1 is 1.00 bits per heavy atom. The maximum atomic E-state index is 12.4. The van der Waals surface area contributed by atoms with Gasteiger partial charge in [0.2, 0.25) is 5.95 Å². The van der Waals surface area contributed by atoms with Crippen LogP contribution in [0.5, 0.6) is 0 Å². The smallest absolute Gasteiger partial charge is 0.271 e. The molecule has 8 nitrogen and oxygen atoms in total. The highest BCUT2D eigenvalue weighted by molar-refractivity contribution is 5.74. The van der Waals surface area contributed by atoms with Crippen LogP contribution in [0.1, 0.15) is 11.4 Å². The first-order valence-corrected chi connectivity index (χ1v) is 8.52. The van der Waals surface area contributed by atoms with Gasteiger partial charge in [-0.05, 0) is 31.5 Å². The van der Waals surface area contributed by atoms with E-state index in [2.05, 4.69) is 20.1 Å². The van der Waals surface area contributed by atoms with Crippen LogP contribution in [0.2, 0.25) is 0 Å². The van der Waals surface area contributed by atoms with Crippen LogP contribution in [0.15, 0.2) is 47.4 Å². The molecule has 4 aromatic rings. The second-order valence-electron chi connectivity index (χ2n) is 6.50. The summed E-state index contributed by atoms with van der Waals surface area (Å²) < 4.78 is 3.24. The Kier molecular flexibility index (Phi) is 3.95. The molecular formula is C19H19N7O. The van der Waals surface area contributed by atoms with Crippen molar-refractivity contribution in [1.82, 2.24) is 29.3 Å². The molecule has 0 aliphatic rings. The van der Waals surface area contributed by atoms with Gasteiger partial charge in [-0.3, -0.25) is 9.36 Å². The molecule has 0 spiro atoms. The van der Waals surface area contributed by atoms with E-state index in [0.717, 1.165) is 17.1 Å². The lowest BCUT2D eigenvalue weighted by Crippen LogP contribution is -2.22. The summed E-state index contributed by atoms with van der Waals surface area (Å²) in [6.07, 6.45) is 1.69. The molecule has 0 N–H and O–H groups in total. The summed E-state index contributed by atoms with van der Waals surface area (Å²) in [4.78, 5) is 27.7. The zero-order valence-electron chi connectivity index (χ0n) is 15.6. The Hall–Kier alpha value is -3.55. The van der Waals surface area contributed by atoms with Gasteiger partial charge in [0.15, 0.2) is 11.5 Å². The van der Waals surface area contributed by atoms with Crippen LogP contribution >= 0.6 is 0 Å². The summed E-state index contributed by atoms with van der Waals surface area (Å²) in [7, 11) is 3.76. The molecule has 0 radical (unpaired) electrons. The molecule has 3 heterocycles. The third-order valence-electron chi connectivity index (χ3n) is 4.31.